The van der Waals surface area contributed by atoms with Gasteiger partial charge in [-0.25, -0.2) is 9.29 Å². The molecule has 0 unspecified atom stereocenters. The summed E-state index contributed by atoms with van der Waals surface area (Å²) in [5.74, 6) is -0.193. The largest absolute Gasteiger partial charge is 0.493 e. The average molecular weight is 358 g/mol. The Bertz CT molecular complexity index is 869. The predicted octanol–water partition coefficient (Wildman–Crippen LogP) is 2.90. The first-order valence-electron chi connectivity index (χ1n) is 8.06. The molecule has 1 N–H and O–H groups in total. The smallest absolute Gasteiger partial charge is 0.256 e. The van der Waals surface area contributed by atoms with Gasteiger partial charge in [0, 0.05) is 11.8 Å². The van der Waals surface area contributed by atoms with Gasteiger partial charge < -0.3 is 14.8 Å². The molecule has 0 aromatic heterocycles. The first-order chi connectivity index (χ1) is 12.4. The monoisotopic (exact) mass is 358 g/mol. The van der Waals surface area contributed by atoms with E-state index in [1.165, 1.54) is 20.3 Å². The van der Waals surface area contributed by atoms with Crippen molar-refractivity contribution < 1.29 is 23.5 Å². The van der Waals surface area contributed by atoms with Crippen molar-refractivity contribution in [1.82, 2.24) is 0 Å². The number of hydrogen-bond donors (Lipinski definition) is 1. The number of carbonyl (C=O) groups is 2. The Balaban J connectivity index is 1.83. The van der Waals surface area contributed by atoms with Crippen LogP contribution >= 0.6 is 0 Å². The van der Waals surface area contributed by atoms with Crippen LogP contribution in [0, 0.1) is 12.7 Å². The van der Waals surface area contributed by atoms with E-state index in [2.05, 4.69) is 5.32 Å². The van der Waals surface area contributed by atoms with Gasteiger partial charge in [-0.1, -0.05) is 6.07 Å². The Kier molecular flexibility index (Phi) is 4.79. The van der Waals surface area contributed by atoms with Gasteiger partial charge in [0.15, 0.2) is 11.5 Å². The quantitative estimate of drug-likeness (QED) is 0.833. The Morgan fingerprint density at radius 3 is 2.46 bits per heavy atom. The van der Waals surface area contributed by atoms with Crippen LogP contribution in [0.5, 0.6) is 11.5 Å². The van der Waals surface area contributed by atoms with Crippen LogP contribution in [0.4, 0.5) is 15.8 Å². The molecule has 1 aliphatic rings. The normalized spacial score (nSPS) is 16.8. The number of anilines is 2. The number of amides is 2. The molecule has 2 aromatic carbocycles. The molecule has 1 saturated heterocycles. The molecule has 2 aromatic rings. The van der Waals surface area contributed by atoms with Crippen molar-refractivity contribution in [2.24, 2.45) is 0 Å². The Labute approximate surface area is 150 Å². The Morgan fingerprint density at radius 1 is 1.08 bits per heavy atom. The second-order valence-corrected chi connectivity index (χ2v) is 5.97. The fraction of sp³-hybridized carbons (Fsp3) is 0.263. The number of benzene rings is 2. The van der Waals surface area contributed by atoms with Gasteiger partial charge in [-0.2, -0.15) is 0 Å². The van der Waals surface area contributed by atoms with Crippen LogP contribution in [0.3, 0.4) is 0 Å². The third-order valence-corrected chi connectivity index (χ3v) is 4.28. The maximum absolute atomic E-state index is 13.7. The molecule has 0 radical (unpaired) electrons. The third kappa shape index (κ3) is 3.20. The molecule has 1 heterocycles. The van der Waals surface area contributed by atoms with Crippen molar-refractivity contribution >= 4 is 23.2 Å². The summed E-state index contributed by atoms with van der Waals surface area (Å²) in [6.07, 6.45) is -0.0112. The molecule has 3 rings (SSSR count). The van der Waals surface area contributed by atoms with Gasteiger partial charge in [0.05, 0.1) is 26.3 Å². The van der Waals surface area contributed by atoms with Gasteiger partial charge >= 0.3 is 0 Å². The van der Waals surface area contributed by atoms with Crippen LogP contribution in [-0.4, -0.2) is 32.1 Å². The minimum Gasteiger partial charge on any atom is -0.493 e. The minimum absolute atomic E-state index is 0.0112. The number of hydrogen-bond acceptors (Lipinski definition) is 5. The lowest BCUT2D eigenvalue weighted by Crippen LogP contribution is -2.34. The van der Waals surface area contributed by atoms with Crippen molar-refractivity contribution in [3.8, 4) is 11.5 Å². The number of nitrogens with one attached hydrogen (secondary N) is 1. The number of imide groups is 1. The summed E-state index contributed by atoms with van der Waals surface area (Å²) in [6, 6.07) is 8.67. The van der Waals surface area contributed by atoms with E-state index in [4.69, 9.17) is 9.47 Å². The highest BCUT2D eigenvalue weighted by atomic mass is 19.1. The molecule has 26 heavy (non-hydrogen) atoms. The molecule has 0 bridgehead atoms. The molecule has 1 atom stereocenters. The van der Waals surface area contributed by atoms with Crippen molar-refractivity contribution in [2.75, 3.05) is 24.4 Å². The summed E-state index contributed by atoms with van der Waals surface area (Å²) >= 11 is 0. The number of carbonyl (C=O) groups excluding carboxylic acids is 2. The van der Waals surface area contributed by atoms with E-state index in [0.29, 0.717) is 28.4 Å². The SMILES string of the molecule is COc1ccc(N2C(=O)C[C@H](Nc3ccc(C)c(F)c3)C2=O)cc1OC. The molecule has 1 aliphatic heterocycles. The number of nitrogens with zero attached hydrogens (tertiary/aromatic N) is 1. The number of methoxy groups -OCH3 is 2. The molecule has 0 saturated carbocycles. The van der Waals surface area contributed by atoms with Crippen molar-refractivity contribution in [3.63, 3.8) is 0 Å². The zero-order valence-corrected chi connectivity index (χ0v) is 14.7. The molecule has 2 amide bonds. The summed E-state index contributed by atoms with van der Waals surface area (Å²) < 4.78 is 24.1. The van der Waals surface area contributed by atoms with Crippen molar-refractivity contribution in [2.45, 2.75) is 19.4 Å². The maximum Gasteiger partial charge on any atom is 0.256 e. The predicted molar refractivity (Wildman–Crippen MR) is 95.2 cm³/mol. The Morgan fingerprint density at radius 2 is 1.81 bits per heavy atom. The average Bonchev–Trinajstić information content (AvgIpc) is 2.91. The van der Waals surface area contributed by atoms with Crippen molar-refractivity contribution in [1.29, 1.82) is 0 Å². The highest BCUT2D eigenvalue weighted by Crippen LogP contribution is 2.34. The lowest BCUT2D eigenvalue weighted by molar-refractivity contribution is -0.121. The first-order valence-corrected chi connectivity index (χ1v) is 8.06. The summed E-state index contributed by atoms with van der Waals surface area (Å²) in [5, 5.41) is 2.93. The van der Waals surface area contributed by atoms with Crippen LogP contribution in [-0.2, 0) is 9.59 Å². The molecular formula is C19H19FN2O4. The van der Waals surface area contributed by atoms with Gasteiger partial charge in [0.2, 0.25) is 5.91 Å². The number of aryl methyl sites for hydroxylation is 1. The van der Waals surface area contributed by atoms with E-state index in [0.717, 1.165) is 4.90 Å². The van der Waals surface area contributed by atoms with Crippen molar-refractivity contribution in [3.05, 3.63) is 47.8 Å². The highest BCUT2D eigenvalue weighted by Gasteiger charge is 2.39. The fourth-order valence-corrected chi connectivity index (χ4v) is 2.86. The van der Waals surface area contributed by atoms with Crippen LogP contribution in [0.25, 0.3) is 0 Å². The van der Waals surface area contributed by atoms with E-state index in [1.54, 1.807) is 37.3 Å². The Hall–Kier alpha value is -3.09. The molecule has 0 spiro atoms. The van der Waals surface area contributed by atoms with Crippen LogP contribution < -0.4 is 19.7 Å². The third-order valence-electron chi connectivity index (χ3n) is 4.28. The highest BCUT2D eigenvalue weighted by molar-refractivity contribution is 6.23. The maximum atomic E-state index is 13.7. The van der Waals surface area contributed by atoms with E-state index in [-0.39, 0.29) is 18.1 Å². The van der Waals surface area contributed by atoms with Gasteiger partial charge in [-0.05, 0) is 36.8 Å². The number of halogens is 1. The lowest BCUT2D eigenvalue weighted by atomic mass is 10.2. The molecule has 1 fully saturated rings. The number of ether oxygens (including phenoxy) is 2. The zero-order valence-electron chi connectivity index (χ0n) is 14.7. The van der Waals surface area contributed by atoms with E-state index in [1.807, 2.05) is 0 Å². The summed E-state index contributed by atoms with van der Waals surface area (Å²) in [5.41, 5.74) is 1.36. The summed E-state index contributed by atoms with van der Waals surface area (Å²) in [7, 11) is 2.98. The topological polar surface area (TPSA) is 67.9 Å². The second-order valence-electron chi connectivity index (χ2n) is 5.97. The lowest BCUT2D eigenvalue weighted by Gasteiger charge is -2.18. The minimum atomic E-state index is -0.752. The molecule has 7 heteroatoms. The van der Waals surface area contributed by atoms with Gasteiger partial charge in [-0.3, -0.25) is 9.59 Å². The zero-order chi connectivity index (χ0) is 18.8. The molecule has 0 aliphatic carbocycles. The molecular weight excluding hydrogens is 339 g/mol. The van der Waals surface area contributed by atoms with Gasteiger partial charge in [0.25, 0.3) is 5.91 Å². The standard InChI is InChI=1S/C19H19FN2O4/c1-11-4-5-12(8-14(11)20)21-15-10-18(23)22(19(15)24)13-6-7-16(25-2)17(9-13)26-3/h4-9,15,21H,10H2,1-3H3/t15-/m0/s1. The second kappa shape index (κ2) is 7.03. The van der Waals surface area contributed by atoms with E-state index >= 15 is 0 Å². The summed E-state index contributed by atoms with van der Waals surface area (Å²) in [6.45, 7) is 1.65. The van der Waals surface area contributed by atoms with Gasteiger partial charge in [0.1, 0.15) is 11.9 Å². The van der Waals surface area contributed by atoms with Crippen LogP contribution in [0.2, 0.25) is 0 Å². The molecule has 6 nitrogen and oxygen atoms in total. The summed E-state index contributed by atoms with van der Waals surface area (Å²) in [4.78, 5) is 26.2. The van der Waals surface area contributed by atoms with E-state index < -0.39 is 11.9 Å². The first kappa shape index (κ1) is 17.7. The van der Waals surface area contributed by atoms with Gasteiger partial charge in [-0.15, -0.1) is 0 Å². The molecule has 136 valence electrons. The van der Waals surface area contributed by atoms with Crippen LogP contribution in [0.15, 0.2) is 36.4 Å². The fourth-order valence-electron chi connectivity index (χ4n) is 2.86. The number of rotatable bonds is 5. The van der Waals surface area contributed by atoms with Crippen LogP contribution in [0.1, 0.15) is 12.0 Å². The van der Waals surface area contributed by atoms with E-state index in [9.17, 15) is 14.0 Å².